The number of thiazole rings is 1. The maximum Gasteiger partial charge on any atom is 0.186 e. The maximum atomic E-state index is 4.36. The molecule has 0 bridgehead atoms. The smallest absolute Gasteiger partial charge is 0.186 e. The van der Waals surface area contributed by atoms with Gasteiger partial charge in [-0.15, -0.1) is 11.3 Å². The Kier molecular flexibility index (Phi) is 4.19. The van der Waals surface area contributed by atoms with E-state index in [0.29, 0.717) is 0 Å². The van der Waals surface area contributed by atoms with Crippen LogP contribution in [-0.2, 0) is 0 Å². The van der Waals surface area contributed by atoms with E-state index in [1.807, 2.05) is 5.38 Å². The van der Waals surface area contributed by atoms with E-state index in [1.165, 1.54) is 6.42 Å². The van der Waals surface area contributed by atoms with Gasteiger partial charge in [-0.2, -0.15) is 0 Å². The third-order valence-electron chi connectivity index (χ3n) is 2.07. The first-order chi connectivity index (χ1) is 6.13. The molecule has 1 aromatic heterocycles. The summed E-state index contributed by atoms with van der Waals surface area (Å²) in [4.78, 5) is 6.57. The molecule has 1 rings (SSSR count). The first-order valence-electron chi connectivity index (χ1n) is 4.45. The number of hydrogen-bond acceptors (Lipinski definition) is 3. The first kappa shape index (κ1) is 11.0. The molecule has 1 atom stereocenters. The van der Waals surface area contributed by atoms with Gasteiger partial charge < -0.3 is 4.90 Å². The Morgan fingerprint density at radius 1 is 1.69 bits per heavy atom. The summed E-state index contributed by atoms with van der Waals surface area (Å²) >= 11 is 5.03. The van der Waals surface area contributed by atoms with Crippen molar-refractivity contribution in [3.8, 4) is 0 Å². The Labute approximate surface area is 92.1 Å². The second-order valence-electron chi connectivity index (χ2n) is 3.35. The molecule has 1 aromatic rings. The van der Waals surface area contributed by atoms with Crippen LogP contribution in [0.25, 0.3) is 0 Å². The van der Waals surface area contributed by atoms with Crippen molar-refractivity contribution in [1.29, 1.82) is 0 Å². The predicted molar refractivity (Wildman–Crippen MR) is 62.5 cm³/mol. The van der Waals surface area contributed by atoms with Crippen LogP contribution in [0.3, 0.4) is 0 Å². The summed E-state index contributed by atoms with van der Waals surface area (Å²) in [5.74, 6) is 0.729. The van der Waals surface area contributed by atoms with Gasteiger partial charge in [-0.05, 0) is 21.8 Å². The van der Waals surface area contributed by atoms with E-state index in [1.54, 1.807) is 11.3 Å². The van der Waals surface area contributed by atoms with Gasteiger partial charge in [0.1, 0.15) is 4.60 Å². The number of anilines is 1. The number of rotatable bonds is 4. The van der Waals surface area contributed by atoms with E-state index in [-0.39, 0.29) is 0 Å². The van der Waals surface area contributed by atoms with Gasteiger partial charge in [0.25, 0.3) is 0 Å². The van der Waals surface area contributed by atoms with Crippen LogP contribution in [0.4, 0.5) is 5.13 Å². The maximum absolute atomic E-state index is 4.36. The summed E-state index contributed by atoms with van der Waals surface area (Å²) in [6.45, 7) is 5.56. The molecule has 0 saturated heterocycles. The van der Waals surface area contributed by atoms with E-state index in [2.05, 4.69) is 46.7 Å². The second kappa shape index (κ2) is 4.96. The normalized spacial score (nSPS) is 12.9. The van der Waals surface area contributed by atoms with E-state index in [4.69, 9.17) is 0 Å². The van der Waals surface area contributed by atoms with Gasteiger partial charge in [-0.3, -0.25) is 0 Å². The van der Waals surface area contributed by atoms with Crippen LogP contribution in [0.15, 0.2) is 9.98 Å². The highest BCUT2D eigenvalue weighted by Crippen LogP contribution is 2.23. The molecule has 74 valence electrons. The average molecular weight is 263 g/mol. The molecule has 0 saturated carbocycles. The molecule has 13 heavy (non-hydrogen) atoms. The second-order valence-corrected chi connectivity index (χ2v) is 5.00. The minimum absolute atomic E-state index is 0.729. The third-order valence-corrected chi connectivity index (χ3v) is 3.74. The summed E-state index contributed by atoms with van der Waals surface area (Å²) in [5, 5.41) is 3.11. The lowest BCUT2D eigenvalue weighted by Crippen LogP contribution is -2.23. The molecule has 0 radical (unpaired) electrons. The van der Waals surface area contributed by atoms with E-state index >= 15 is 0 Å². The van der Waals surface area contributed by atoms with E-state index in [9.17, 15) is 0 Å². The highest BCUT2D eigenvalue weighted by Gasteiger charge is 2.08. The van der Waals surface area contributed by atoms with Crippen molar-refractivity contribution in [2.75, 3.05) is 18.5 Å². The Morgan fingerprint density at radius 3 is 2.85 bits per heavy atom. The summed E-state index contributed by atoms with van der Waals surface area (Å²) < 4.78 is 0.934. The minimum atomic E-state index is 0.729. The van der Waals surface area contributed by atoms with Gasteiger partial charge in [-0.1, -0.05) is 20.3 Å². The van der Waals surface area contributed by atoms with Crippen LogP contribution < -0.4 is 4.90 Å². The van der Waals surface area contributed by atoms with Crippen molar-refractivity contribution in [1.82, 2.24) is 4.98 Å². The van der Waals surface area contributed by atoms with Crippen molar-refractivity contribution >= 4 is 32.4 Å². The lowest BCUT2D eigenvalue weighted by Gasteiger charge is -2.19. The van der Waals surface area contributed by atoms with Gasteiger partial charge in [0.2, 0.25) is 0 Å². The van der Waals surface area contributed by atoms with Crippen molar-refractivity contribution < 1.29 is 0 Å². The molecule has 1 heterocycles. The van der Waals surface area contributed by atoms with E-state index in [0.717, 1.165) is 22.2 Å². The number of nitrogens with zero attached hydrogens (tertiary/aromatic N) is 2. The molecule has 2 nitrogen and oxygen atoms in total. The van der Waals surface area contributed by atoms with Crippen LogP contribution >= 0.6 is 27.3 Å². The highest BCUT2D eigenvalue weighted by molar-refractivity contribution is 9.10. The van der Waals surface area contributed by atoms with Gasteiger partial charge >= 0.3 is 0 Å². The van der Waals surface area contributed by atoms with Crippen molar-refractivity contribution in [2.45, 2.75) is 20.3 Å². The lowest BCUT2D eigenvalue weighted by atomic mass is 10.1. The molecule has 0 aliphatic heterocycles. The molecule has 0 aliphatic rings. The molecule has 0 fully saturated rings. The largest absolute Gasteiger partial charge is 0.351 e. The number of hydrogen-bond donors (Lipinski definition) is 0. The van der Waals surface area contributed by atoms with Crippen LogP contribution in [0.5, 0.6) is 0 Å². The molecule has 0 aromatic carbocycles. The molecular weight excluding hydrogens is 248 g/mol. The lowest BCUT2D eigenvalue weighted by molar-refractivity contribution is 0.559. The zero-order valence-electron chi connectivity index (χ0n) is 8.25. The molecule has 0 spiro atoms. The predicted octanol–water partition coefficient (Wildman–Crippen LogP) is 3.39. The topological polar surface area (TPSA) is 16.1 Å². The summed E-state index contributed by atoms with van der Waals surface area (Å²) in [6.07, 6.45) is 1.22. The quantitative estimate of drug-likeness (QED) is 0.827. The third kappa shape index (κ3) is 3.27. The fourth-order valence-corrected chi connectivity index (χ4v) is 2.32. The monoisotopic (exact) mass is 262 g/mol. The Morgan fingerprint density at radius 2 is 2.38 bits per heavy atom. The van der Waals surface area contributed by atoms with Gasteiger partial charge in [0, 0.05) is 19.0 Å². The Bertz CT molecular complexity index is 262. The van der Waals surface area contributed by atoms with Crippen molar-refractivity contribution in [3.05, 3.63) is 9.98 Å². The van der Waals surface area contributed by atoms with Crippen molar-refractivity contribution in [3.63, 3.8) is 0 Å². The molecule has 1 unspecified atom stereocenters. The van der Waals surface area contributed by atoms with Crippen LogP contribution in [0, 0.1) is 5.92 Å². The number of halogens is 1. The fraction of sp³-hybridized carbons (Fsp3) is 0.667. The Balaban J connectivity index is 2.53. The molecule has 4 heteroatoms. The minimum Gasteiger partial charge on any atom is -0.351 e. The fourth-order valence-electron chi connectivity index (χ4n) is 1.10. The zero-order chi connectivity index (χ0) is 9.84. The van der Waals surface area contributed by atoms with Crippen LogP contribution in [0.1, 0.15) is 20.3 Å². The van der Waals surface area contributed by atoms with E-state index < -0.39 is 0 Å². The van der Waals surface area contributed by atoms with Gasteiger partial charge in [-0.25, -0.2) is 4.98 Å². The van der Waals surface area contributed by atoms with Gasteiger partial charge in [0.05, 0.1) is 0 Å². The highest BCUT2D eigenvalue weighted by atomic mass is 79.9. The summed E-state index contributed by atoms with van der Waals surface area (Å²) in [7, 11) is 2.09. The summed E-state index contributed by atoms with van der Waals surface area (Å²) in [5.41, 5.74) is 0. The molecule has 0 amide bonds. The average Bonchev–Trinajstić information content (AvgIpc) is 2.51. The Hall–Kier alpha value is -0.0900. The van der Waals surface area contributed by atoms with Crippen molar-refractivity contribution in [2.24, 2.45) is 5.92 Å². The molecule has 0 aliphatic carbocycles. The number of aromatic nitrogens is 1. The van der Waals surface area contributed by atoms with Crippen LogP contribution in [-0.4, -0.2) is 18.6 Å². The zero-order valence-corrected chi connectivity index (χ0v) is 10.7. The van der Waals surface area contributed by atoms with Gasteiger partial charge in [0.15, 0.2) is 5.13 Å². The first-order valence-corrected chi connectivity index (χ1v) is 6.13. The SMILES string of the molecule is CCC(C)CN(C)c1nc(Br)cs1. The standard InChI is InChI=1S/C9H15BrN2S/c1-4-7(2)5-12(3)9-11-8(10)6-13-9/h6-7H,4-5H2,1-3H3. The van der Waals surface area contributed by atoms with Crippen LogP contribution in [0.2, 0.25) is 0 Å². The molecular formula is C9H15BrN2S. The molecule has 0 N–H and O–H groups in total. The summed E-state index contributed by atoms with van der Waals surface area (Å²) in [6, 6.07) is 0.